The van der Waals surface area contributed by atoms with Crippen LogP contribution in [0.25, 0.3) is 0 Å². The molecular formula is C27H40N2O5S. The van der Waals surface area contributed by atoms with Crippen molar-refractivity contribution in [1.29, 1.82) is 0 Å². The average Bonchev–Trinajstić information content (AvgIpc) is 3.12. The molecular weight excluding hydrogens is 464 g/mol. The Hall–Kier alpha value is -1.80. The Morgan fingerprint density at radius 2 is 1.86 bits per heavy atom. The van der Waals surface area contributed by atoms with Crippen LogP contribution in [0.15, 0.2) is 24.3 Å². The molecule has 2 amide bonds. The van der Waals surface area contributed by atoms with Crippen molar-refractivity contribution in [2.24, 2.45) is 17.3 Å². The molecule has 0 aromatic carbocycles. The fourth-order valence-electron chi connectivity index (χ4n) is 6.70. The van der Waals surface area contributed by atoms with Crippen LogP contribution in [0.3, 0.4) is 0 Å². The van der Waals surface area contributed by atoms with E-state index >= 15 is 0 Å². The van der Waals surface area contributed by atoms with Gasteiger partial charge in [0.05, 0.1) is 29.8 Å². The predicted octanol–water partition coefficient (Wildman–Crippen LogP) is 3.17. The van der Waals surface area contributed by atoms with E-state index in [4.69, 9.17) is 4.74 Å². The van der Waals surface area contributed by atoms with E-state index in [-0.39, 0.29) is 41.6 Å². The molecule has 0 radical (unpaired) electrons. The number of aliphatic hydroxyl groups excluding tert-OH is 1. The first-order valence-electron chi connectivity index (χ1n) is 12.8. The number of rotatable bonds is 4. The molecule has 1 spiro atoms. The number of allylic oxidation sites excluding steroid dienone is 1. The quantitative estimate of drug-likeness (QED) is 0.468. The van der Waals surface area contributed by atoms with Gasteiger partial charge in [-0.1, -0.05) is 45.1 Å². The third-order valence-corrected chi connectivity index (χ3v) is 9.38. The first-order valence-corrected chi connectivity index (χ1v) is 13.7. The Bertz CT molecular complexity index is 923. The Kier molecular flexibility index (Phi) is 7.19. The molecule has 7 nitrogen and oxygen atoms in total. The van der Waals surface area contributed by atoms with Crippen LogP contribution in [-0.4, -0.2) is 80.6 Å². The van der Waals surface area contributed by atoms with Gasteiger partial charge in [-0.15, -0.1) is 11.8 Å². The zero-order valence-electron chi connectivity index (χ0n) is 21.7. The monoisotopic (exact) mass is 504 g/mol. The first kappa shape index (κ1) is 26.3. The van der Waals surface area contributed by atoms with E-state index in [9.17, 15) is 19.5 Å². The number of thioether (sulfide) groups is 1. The van der Waals surface area contributed by atoms with Crippen LogP contribution in [-0.2, 0) is 19.1 Å². The lowest BCUT2D eigenvalue weighted by atomic mass is 9.78. The van der Waals surface area contributed by atoms with Gasteiger partial charge in [-0.05, 0) is 44.9 Å². The molecule has 0 aromatic heterocycles. The Morgan fingerprint density at radius 3 is 2.54 bits per heavy atom. The second kappa shape index (κ2) is 9.58. The van der Waals surface area contributed by atoms with Gasteiger partial charge in [0.1, 0.15) is 6.04 Å². The number of hydrogen-bond donors (Lipinski definition) is 1. The van der Waals surface area contributed by atoms with Crippen molar-refractivity contribution in [3.05, 3.63) is 24.3 Å². The van der Waals surface area contributed by atoms with Crippen LogP contribution in [0.4, 0.5) is 0 Å². The lowest BCUT2D eigenvalue weighted by Gasteiger charge is -2.44. The van der Waals surface area contributed by atoms with Crippen molar-refractivity contribution in [2.45, 2.75) is 81.9 Å². The number of aliphatic hydroxyl groups is 1. The zero-order valence-corrected chi connectivity index (χ0v) is 22.5. The molecule has 0 bridgehead atoms. The fourth-order valence-corrected chi connectivity index (χ4v) is 8.70. The van der Waals surface area contributed by atoms with Gasteiger partial charge in [0.25, 0.3) is 0 Å². The van der Waals surface area contributed by atoms with Gasteiger partial charge in [0, 0.05) is 23.9 Å². The van der Waals surface area contributed by atoms with Gasteiger partial charge < -0.3 is 19.6 Å². The maximum Gasteiger partial charge on any atom is 0.311 e. The number of hydrogen-bond acceptors (Lipinski definition) is 6. The molecule has 5 atom stereocenters. The van der Waals surface area contributed by atoms with Crippen LogP contribution < -0.4 is 0 Å². The van der Waals surface area contributed by atoms with Gasteiger partial charge in [0.15, 0.2) is 0 Å². The number of amides is 2. The number of carbonyl (C=O) groups excluding carboxylic acids is 3. The highest BCUT2D eigenvalue weighted by atomic mass is 32.2. The molecule has 4 aliphatic rings. The molecule has 2 fully saturated rings. The highest BCUT2D eigenvalue weighted by molar-refractivity contribution is 8.02. The minimum atomic E-state index is -0.872. The van der Waals surface area contributed by atoms with Crippen LogP contribution in [0.2, 0.25) is 0 Å². The largest absolute Gasteiger partial charge is 0.465 e. The van der Waals surface area contributed by atoms with E-state index in [2.05, 4.69) is 40.7 Å². The number of fused-ring (bicyclic) bond motifs is 2. The lowest BCUT2D eigenvalue weighted by molar-refractivity contribution is -0.153. The molecule has 1 N–H and O–H groups in total. The summed E-state index contributed by atoms with van der Waals surface area (Å²) in [4.78, 5) is 44.9. The number of cyclic esters (lactones) is 1. The second-order valence-corrected chi connectivity index (χ2v) is 13.6. The second-order valence-electron chi connectivity index (χ2n) is 12.1. The third-order valence-electron chi connectivity index (χ3n) is 7.64. The standard InChI is InChI=1S/C27H40N2O5S/c1-25(2,3)17-26(4,5)29-13-10-12-27-20(22(31)28(14-15-30)21(27)23(29)32)19-18(35-27)11-8-6-7-9-16-34-24(19)33/h8,10-12,18-21,30H,6-7,9,13-17H2,1-5H3/b11-8-/t18-,19+,20-,21?,27-/m0/s1. The molecule has 4 rings (SSSR count). The smallest absolute Gasteiger partial charge is 0.311 e. The summed E-state index contributed by atoms with van der Waals surface area (Å²) in [6, 6.07) is -0.769. The molecule has 2 saturated heterocycles. The molecule has 1 unspecified atom stereocenters. The maximum absolute atomic E-state index is 14.3. The summed E-state index contributed by atoms with van der Waals surface area (Å²) in [6.07, 6.45) is 11.6. The average molecular weight is 505 g/mol. The molecule has 35 heavy (non-hydrogen) atoms. The number of likely N-dealkylation sites (tertiary alicyclic amines) is 1. The summed E-state index contributed by atoms with van der Waals surface area (Å²) < 4.78 is 4.75. The highest BCUT2D eigenvalue weighted by Gasteiger charge is 2.71. The molecule has 8 heteroatoms. The summed E-state index contributed by atoms with van der Waals surface area (Å²) in [6.45, 7) is 11.3. The van der Waals surface area contributed by atoms with Crippen molar-refractivity contribution in [3.63, 3.8) is 0 Å². The Balaban J connectivity index is 1.79. The number of esters is 1. The van der Waals surface area contributed by atoms with Crippen molar-refractivity contribution in [1.82, 2.24) is 9.80 Å². The van der Waals surface area contributed by atoms with Crippen LogP contribution >= 0.6 is 11.8 Å². The summed E-state index contributed by atoms with van der Waals surface area (Å²) in [5.74, 6) is -2.05. The minimum Gasteiger partial charge on any atom is -0.465 e. The van der Waals surface area contributed by atoms with Crippen molar-refractivity contribution >= 4 is 29.5 Å². The number of ether oxygens (including phenoxy) is 1. The van der Waals surface area contributed by atoms with Crippen molar-refractivity contribution in [2.75, 3.05) is 26.3 Å². The number of β-amino-alcohol motifs (C(OH)–C–C–N with tert-alkyl or cyclic N) is 1. The lowest BCUT2D eigenvalue weighted by Crippen LogP contribution is -2.59. The van der Waals surface area contributed by atoms with Crippen LogP contribution in [0.5, 0.6) is 0 Å². The van der Waals surface area contributed by atoms with Gasteiger partial charge in [-0.2, -0.15) is 0 Å². The molecule has 0 aliphatic carbocycles. The van der Waals surface area contributed by atoms with E-state index in [1.165, 1.54) is 4.90 Å². The van der Waals surface area contributed by atoms with E-state index in [1.807, 2.05) is 23.1 Å². The van der Waals surface area contributed by atoms with Crippen molar-refractivity contribution < 1.29 is 24.2 Å². The number of carbonyl (C=O) groups is 3. The Morgan fingerprint density at radius 1 is 1.11 bits per heavy atom. The Labute approximate surface area is 213 Å². The van der Waals surface area contributed by atoms with E-state index < -0.39 is 28.2 Å². The first-order chi connectivity index (χ1) is 16.4. The van der Waals surface area contributed by atoms with Crippen molar-refractivity contribution in [3.8, 4) is 0 Å². The molecule has 0 aromatic rings. The maximum atomic E-state index is 14.3. The summed E-state index contributed by atoms with van der Waals surface area (Å²) in [5, 5.41) is 9.58. The molecule has 0 saturated carbocycles. The SMILES string of the molecule is CC(C)(C)CC(C)(C)N1CC=C[C@]23S[C@H]4/C=C\CCCCOC(=O)[C@H]4[C@H]2C(=O)N(CCO)C3C1=O. The third kappa shape index (κ3) is 4.68. The fraction of sp³-hybridized carbons (Fsp3) is 0.741. The van der Waals surface area contributed by atoms with Gasteiger partial charge in [0.2, 0.25) is 11.8 Å². The van der Waals surface area contributed by atoms with Crippen LogP contribution in [0, 0.1) is 17.3 Å². The summed E-state index contributed by atoms with van der Waals surface area (Å²) in [7, 11) is 0. The predicted molar refractivity (Wildman–Crippen MR) is 137 cm³/mol. The highest BCUT2D eigenvalue weighted by Crippen LogP contribution is 2.61. The topological polar surface area (TPSA) is 87.2 Å². The van der Waals surface area contributed by atoms with E-state index in [1.54, 1.807) is 11.8 Å². The molecule has 4 aliphatic heterocycles. The van der Waals surface area contributed by atoms with Gasteiger partial charge >= 0.3 is 5.97 Å². The van der Waals surface area contributed by atoms with Gasteiger partial charge in [-0.3, -0.25) is 14.4 Å². The molecule has 194 valence electrons. The van der Waals surface area contributed by atoms with Gasteiger partial charge in [-0.25, -0.2) is 0 Å². The van der Waals surface area contributed by atoms with Crippen LogP contribution in [0.1, 0.15) is 60.3 Å². The number of nitrogens with zero attached hydrogens (tertiary/aromatic N) is 2. The minimum absolute atomic E-state index is 0.00935. The normalized spacial score (nSPS) is 34.7. The van der Waals surface area contributed by atoms with E-state index in [0.717, 1.165) is 25.7 Å². The summed E-state index contributed by atoms with van der Waals surface area (Å²) in [5.41, 5.74) is -0.424. The summed E-state index contributed by atoms with van der Waals surface area (Å²) >= 11 is 1.55. The van der Waals surface area contributed by atoms with E-state index in [0.29, 0.717) is 13.2 Å². The molecule has 4 heterocycles. The zero-order chi connectivity index (χ0) is 25.6.